The summed E-state index contributed by atoms with van der Waals surface area (Å²) in [4.78, 5) is 39.7. The molecule has 1 aromatic carbocycles. The number of hydrogen-bond acceptors (Lipinski definition) is 6. The number of nitro groups is 1. The van der Waals surface area contributed by atoms with Crippen LogP contribution in [0.4, 0.5) is 11.6 Å². The SMILES string of the molecule is CC1Oc2ccc([N+](=O)[O-])nc2N(C(CCc2ccccc2)C(=O)O)C1=O. The first-order valence-electron chi connectivity index (χ1n) is 8.30. The summed E-state index contributed by atoms with van der Waals surface area (Å²) < 4.78 is 5.43. The third kappa shape index (κ3) is 3.71. The van der Waals surface area contributed by atoms with Crippen LogP contribution in [-0.4, -0.2) is 39.0 Å². The molecular formula is C18H17N3O6. The van der Waals surface area contributed by atoms with E-state index in [1.165, 1.54) is 13.0 Å². The maximum absolute atomic E-state index is 12.7. The Labute approximate surface area is 154 Å². The molecule has 140 valence electrons. The predicted molar refractivity (Wildman–Crippen MR) is 94.7 cm³/mol. The Kier molecular flexibility index (Phi) is 5.02. The Bertz CT molecular complexity index is 886. The maximum Gasteiger partial charge on any atom is 0.366 e. The molecule has 0 bridgehead atoms. The predicted octanol–water partition coefficient (Wildman–Crippen LogP) is 2.19. The third-order valence-electron chi connectivity index (χ3n) is 4.27. The summed E-state index contributed by atoms with van der Waals surface area (Å²) in [5.41, 5.74) is 0.921. The first-order chi connectivity index (χ1) is 12.9. The highest BCUT2D eigenvalue weighted by Gasteiger charge is 2.43. The monoisotopic (exact) mass is 371 g/mol. The van der Waals surface area contributed by atoms with Gasteiger partial charge in [0.1, 0.15) is 6.04 Å². The minimum absolute atomic E-state index is 0.127. The zero-order chi connectivity index (χ0) is 19.6. The largest absolute Gasteiger partial charge is 0.480 e. The van der Waals surface area contributed by atoms with E-state index in [4.69, 9.17) is 4.74 Å². The minimum Gasteiger partial charge on any atom is -0.480 e. The van der Waals surface area contributed by atoms with Crippen molar-refractivity contribution in [3.63, 3.8) is 0 Å². The van der Waals surface area contributed by atoms with Gasteiger partial charge in [-0.15, -0.1) is 0 Å². The van der Waals surface area contributed by atoms with Crippen molar-refractivity contribution in [1.29, 1.82) is 0 Å². The van der Waals surface area contributed by atoms with Crippen LogP contribution in [0.15, 0.2) is 42.5 Å². The topological polar surface area (TPSA) is 123 Å². The van der Waals surface area contributed by atoms with Gasteiger partial charge in [-0.1, -0.05) is 30.3 Å². The van der Waals surface area contributed by atoms with Crippen LogP contribution in [0.2, 0.25) is 0 Å². The molecule has 1 aromatic heterocycles. The summed E-state index contributed by atoms with van der Waals surface area (Å²) in [5, 5.41) is 20.8. The molecule has 9 nitrogen and oxygen atoms in total. The molecule has 0 fully saturated rings. The van der Waals surface area contributed by atoms with E-state index in [2.05, 4.69) is 4.98 Å². The van der Waals surface area contributed by atoms with Crippen LogP contribution in [-0.2, 0) is 16.0 Å². The highest BCUT2D eigenvalue weighted by molar-refractivity contribution is 6.03. The van der Waals surface area contributed by atoms with Crippen LogP contribution in [0.5, 0.6) is 5.75 Å². The van der Waals surface area contributed by atoms with Gasteiger partial charge < -0.3 is 20.0 Å². The van der Waals surface area contributed by atoms with Crippen molar-refractivity contribution in [1.82, 2.24) is 4.98 Å². The molecule has 0 saturated heterocycles. The van der Waals surface area contributed by atoms with Crippen molar-refractivity contribution in [3.8, 4) is 5.75 Å². The van der Waals surface area contributed by atoms with E-state index in [0.29, 0.717) is 6.42 Å². The summed E-state index contributed by atoms with van der Waals surface area (Å²) in [6.45, 7) is 1.50. The van der Waals surface area contributed by atoms with Crippen LogP contribution >= 0.6 is 0 Å². The van der Waals surface area contributed by atoms with E-state index in [1.807, 2.05) is 30.3 Å². The van der Waals surface area contributed by atoms with Crippen LogP contribution in [0, 0.1) is 10.1 Å². The van der Waals surface area contributed by atoms with Crippen LogP contribution in [0.1, 0.15) is 18.9 Å². The van der Waals surface area contributed by atoms with Gasteiger partial charge in [0.25, 0.3) is 11.7 Å². The number of carbonyl (C=O) groups is 2. The molecule has 27 heavy (non-hydrogen) atoms. The number of fused-ring (bicyclic) bond motifs is 1. The van der Waals surface area contributed by atoms with Gasteiger partial charge in [0.05, 0.1) is 0 Å². The molecule has 2 heterocycles. The summed E-state index contributed by atoms with van der Waals surface area (Å²) >= 11 is 0. The fourth-order valence-electron chi connectivity index (χ4n) is 2.95. The van der Waals surface area contributed by atoms with E-state index in [0.717, 1.165) is 16.5 Å². The van der Waals surface area contributed by atoms with Gasteiger partial charge in [0.2, 0.25) is 0 Å². The van der Waals surface area contributed by atoms with E-state index in [1.54, 1.807) is 0 Å². The van der Waals surface area contributed by atoms with Crippen molar-refractivity contribution >= 4 is 23.5 Å². The number of hydrogen-bond donors (Lipinski definition) is 1. The molecule has 1 N–H and O–H groups in total. The molecule has 2 aromatic rings. The van der Waals surface area contributed by atoms with Crippen molar-refractivity contribution < 1.29 is 24.4 Å². The molecule has 0 saturated carbocycles. The first kappa shape index (κ1) is 18.3. The van der Waals surface area contributed by atoms with Gasteiger partial charge in [0.15, 0.2) is 11.9 Å². The van der Waals surface area contributed by atoms with Crippen molar-refractivity contribution in [2.24, 2.45) is 0 Å². The Balaban J connectivity index is 1.98. The van der Waals surface area contributed by atoms with E-state index in [-0.39, 0.29) is 18.0 Å². The molecule has 2 unspecified atom stereocenters. The smallest absolute Gasteiger partial charge is 0.366 e. The highest BCUT2D eigenvalue weighted by atomic mass is 16.6. The maximum atomic E-state index is 12.7. The Morgan fingerprint density at radius 2 is 2.04 bits per heavy atom. The average Bonchev–Trinajstić information content (AvgIpc) is 2.65. The number of carbonyl (C=O) groups excluding carboxylic acids is 1. The summed E-state index contributed by atoms with van der Waals surface area (Å²) in [7, 11) is 0. The number of aryl methyl sites for hydroxylation is 1. The second-order valence-electron chi connectivity index (χ2n) is 6.09. The zero-order valence-corrected chi connectivity index (χ0v) is 14.4. The number of nitrogens with zero attached hydrogens (tertiary/aromatic N) is 3. The van der Waals surface area contributed by atoms with Crippen LogP contribution in [0.25, 0.3) is 0 Å². The summed E-state index contributed by atoms with van der Waals surface area (Å²) in [6.07, 6.45) is -0.373. The molecule has 1 amide bonds. The Hall–Kier alpha value is -3.49. The van der Waals surface area contributed by atoms with Crippen molar-refractivity contribution in [3.05, 3.63) is 58.1 Å². The Morgan fingerprint density at radius 1 is 1.33 bits per heavy atom. The van der Waals surface area contributed by atoms with Crippen LogP contribution < -0.4 is 9.64 Å². The van der Waals surface area contributed by atoms with Gasteiger partial charge in [-0.2, -0.15) is 0 Å². The van der Waals surface area contributed by atoms with Gasteiger partial charge in [-0.25, -0.2) is 4.79 Å². The zero-order valence-electron chi connectivity index (χ0n) is 14.4. The number of aliphatic carboxylic acids is 1. The lowest BCUT2D eigenvalue weighted by atomic mass is 10.0. The standard InChI is InChI=1S/C18H17N3O6/c1-11-17(22)20(16-14(27-11)9-10-15(19-16)21(25)26)13(18(23)24)8-7-12-5-3-2-4-6-12/h2-6,9-11,13H,7-8H2,1H3,(H,23,24). The third-order valence-corrected chi connectivity index (χ3v) is 4.27. The number of amides is 1. The second-order valence-corrected chi connectivity index (χ2v) is 6.09. The first-order valence-corrected chi connectivity index (χ1v) is 8.30. The summed E-state index contributed by atoms with van der Waals surface area (Å²) in [6, 6.07) is 10.5. The van der Waals surface area contributed by atoms with E-state index < -0.39 is 34.8 Å². The second kappa shape index (κ2) is 7.40. The molecule has 3 rings (SSSR count). The number of carboxylic acids is 1. The van der Waals surface area contributed by atoms with E-state index in [9.17, 15) is 24.8 Å². The number of ether oxygens (including phenoxy) is 1. The minimum atomic E-state index is -1.22. The number of anilines is 1. The van der Waals surface area contributed by atoms with Crippen LogP contribution in [0.3, 0.4) is 0 Å². The average molecular weight is 371 g/mol. The van der Waals surface area contributed by atoms with Gasteiger partial charge >= 0.3 is 11.8 Å². The molecule has 1 aliphatic heterocycles. The number of aromatic nitrogens is 1. The molecule has 9 heteroatoms. The van der Waals surface area contributed by atoms with E-state index >= 15 is 0 Å². The number of rotatable bonds is 6. The fraction of sp³-hybridized carbons (Fsp3) is 0.278. The number of carboxylic acid groups (broad SMARTS) is 1. The Morgan fingerprint density at radius 3 is 2.67 bits per heavy atom. The molecule has 2 atom stereocenters. The molecular weight excluding hydrogens is 354 g/mol. The lowest BCUT2D eigenvalue weighted by Crippen LogP contribution is -2.53. The van der Waals surface area contributed by atoms with Gasteiger partial charge in [-0.3, -0.25) is 9.69 Å². The molecule has 1 aliphatic rings. The lowest BCUT2D eigenvalue weighted by molar-refractivity contribution is -0.389. The van der Waals surface area contributed by atoms with Gasteiger partial charge in [0, 0.05) is 6.07 Å². The van der Waals surface area contributed by atoms with Crippen molar-refractivity contribution in [2.45, 2.75) is 31.9 Å². The fourth-order valence-corrected chi connectivity index (χ4v) is 2.95. The summed E-state index contributed by atoms with van der Waals surface area (Å²) in [5.74, 6) is -2.31. The normalized spacial score (nSPS) is 17.0. The molecule has 0 radical (unpaired) electrons. The van der Waals surface area contributed by atoms with Crippen molar-refractivity contribution in [2.75, 3.05) is 4.90 Å². The number of pyridine rings is 1. The van der Waals surface area contributed by atoms with Gasteiger partial charge in [-0.05, 0) is 41.3 Å². The molecule has 0 spiro atoms. The lowest BCUT2D eigenvalue weighted by Gasteiger charge is -2.33. The number of benzene rings is 1. The highest BCUT2D eigenvalue weighted by Crippen LogP contribution is 2.36. The quantitative estimate of drug-likeness (QED) is 0.610. The molecule has 0 aliphatic carbocycles.